The lowest BCUT2D eigenvalue weighted by Gasteiger charge is -2.22. The van der Waals surface area contributed by atoms with Crippen molar-refractivity contribution in [3.05, 3.63) is 90.1 Å². The molecular formula is C30H28N2O5. The summed E-state index contributed by atoms with van der Waals surface area (Å²) >= 11 is 0. The zero-order valence-corrected chi connectivity index (χ0v) is 20.8. The number of rotatable bonds is 8. The average molecular weight is 497 g/mol. The molecule has 1 heterocycles. The molecular weight excluding hydrogens is 468 g/mol. The van der Waals surface area contributed by atoms with Crippen LogP contribution in [-0.4, -0.2) is 28.9 Å². The number of aryl methyl sites for hydroxylation is 1. The van der Waals surface area contributed by atoms with Crippen LogP contribution in [0.25, 0.3) is 22.5 Å². The average Bonchev–Trinajstić information content (AvgIpc) is 3.61. The van der Waals surface area contributed by atoms with Crippen molar-refractivity contribution in [1.29, 1.82) is 0 Å². The third kappa shape index (κ3) is 4.85. The maximum absolute atomic E-state index is 13.0. The molecule has 0 atom stereocenters. The minimum Gasteiger partial charge on any atom is -0.481 e. The van der Waals surface area contributed by atoms with E-state index in [0.29, 0.717) is 29.2 Å². The second-order valence-electron chi connectivity index (χ2n) is 9.35. The molecule has 1 aromatic heterocycles. The summed E-state index contributed by atoms with van der Waals surface area (Å²) in [6, 6.07) is 25.2. The molecule has 0 unspecified atom stereocenters. The zero-order valence-electron chi connectivity index (χ0n) is 20.8. The number of hydrogen-bond donors (Lipinski definition) is 1. The number of anilines is 2. The van der Waals surface area contributed by atoms with E-state index in [0.717, 1.165) is 35.1 Å². The van der Waals surface area contributed by atoms with Gasteiger partial charge in [0.25, 0.3) is 0 Å². The molecule has 1 aliphatic rings. The van der Waals surface area contributed by atoms with Gasteiger partial charge in [0.15, 0.2) is 5.76 Å². The number of carboxylic acids is 1. The van der Waals surface area contributed by atoms with Gasteiger partial charge in [-0.25, -0.2) is 9.69 Å². The highest BCUT2D eigenvalue weighted by Crippen LogP contribution is 2.48. The molecule has 0 radical (unpaired) electrons. The Morgan fingerprint density at radius 3 is 2.11 bits per heavy atom. The zero-order chi connectivity index (χ0) is 26.0. The Balaban J connectivity index is 1.42. The van der Waals surface area contributed by atoms with E-state index in [1.165, 1.54) is 4.90 Å². The lowest BCUT2D eigenvalue weighted by atomic mass is 9.94. The summed E-state index contributed by atoms with van der Waals surface area (Å²) < 4.78 is 11.0. The monoisotopic (exact) mass is 496 g/mol. The smallest absolute Gasteiger partial charge is 0.419 e. The van der Waals surface area contributed by atoms with Crippen molar-refractivity contribution in [2.45, 2.75) is 33.1 Å². The van der Waals surface area contributed by atoms with Gasteiger partial charge >= 0.3 is 12.1 Å². The predicted molar refractivity (Wildman–Crippen MR) is 141 cm³/mol. The summed E-state index contributed by atoms with van der Waals surface area (Å²) in [5.41, 5.74) is 5.03. The summed E-state index contributed by atoms with van der Waals surface area (Å²) in [4.78, 5) is 26.0. The van der Waals surface area contributed by atoms with Crippen molar-refractivity contribution in [1.82, 2.24) is 5.16 Å². The number of benzene rings is 3. The Morgan fingerprint density at radius 1 is 0.946 bits per heavy atom. The first-order valence-electron chi connectivity index (χ1n) is 12.3. The van der Waals surface area contributed by atoms with Crippen LogP contribution < -0.4 is 4.90 Å². The van der Waals surface area contributed by atoms with Crippen LogP contribution in [0.15, 0.2) is 83.4 Å². The molecule has 188 valence electrons. The summed E-state index contributed by atoms with van der Waals surface area (Å²) in [7, 11) is 0. The molecule has 5 rings (SSSR count). The fraction of sp³-hybridized carbons (Fsp3) is 0.233. The molecule has 1 aliphatic carbocycles. The van der Waals surface area contributed by atoms with Crippen LogP contribution in [0.5, 0.6) is 0 Å². The lowest BCUT2D eigenvalue weighted by Crippen LogP contribution is -2.27. The third-order valence-electron chi connectivity index (χ3n) is 6.80. The second-order valence-corrected chi connectivity index (χ2v) is 9.35. The lowest BCUT2D eigenvalue weighted by molar-refractivity contribution is -0.143. The van der Waals surface area contributed by atoms with Crippen molar-refractivity contribution in [3.63, 3.8) is 0 Å². The van der Waals surface area contributed by atoms with E-state index in [9.17, 15) is 14.7 Å². The summed E-state index contributed by atoms with van der Waals surface area (Å²) in [5, 5.41) is 13.6. The molecule has 37 heavy (non-hydrogen) atoms. The van der Waals surface area contributed by atoms with E-state index in [1.807, 2.05) is 78.9 Å². The van der Waals surface area contributed by atoms with Crippen molar-refractivity contribution < 1.29 is 24.0 Å². The highest BCUT2D eigenvalue weighted by molar-refractivity contribution is 6.00. The Morgan fingerprint density at radius 2 is 1.54 bits per heavy atom. The molecule has 1 saturated carbocycles. The molecule has 1 N–H and O–H groups in total. The van der Waals surface area contributed by atoms with Crippen molar-refractivity contribution in [3.8, 4) is 22.5 Å². The number of aromatic nitrogens is 1. The van der Waals surface area contributed by atoms with Crippen LogP contribution in [0.4, 0.5) is 16.2 Å². The summed E-state index contributed by atoms with van der Waals surface area (Å²) in [6.45, 7) is 3.81. The van der Waals surface area contributed by atoms with Gasteiger partial charge in [-0.3, -0.25) is 4.79 Å². The molecule has 0 spiro atoms. The van der Waals surface area contributed by atoms with Crippen molar-refractivity contribution >= 4 is 23.4 Å². The maximum atomic E-state index is 13.0. The van der Waals surface area contributed by atoms with Gasteiger partial charge in [0, 0.05) is 5.56 Å². The van der Waals surface area contributed by atoms with Crippen molar-refractivity contribution in [2.24, 2.45) is 5.41 Å². The van der Waals surface area contributed by atoms with Gasteiger partial charge in [0.1, 0.15) is 11.4 Å². The second kappa shape index (κ2) is 9.93. The fourth-order valence-corrected chi connectivity index (χ4v) is 4.55. The minimum absolute atomic E-state index is 0.243. The number of aliphatic carboxylic acids is 1. The largest absolute Gasteiger partial charge is 0.481 e. The third-order valence-corrected chi connectivity index (χ3v) is 6.80. The molecule has 0 bridgehead atoms. The maximum Gasteiger partial charge on any atom is 0.419 e. The molecule has 7 heteroatoms. The molecule has 1 fully saturated rings. The first kappa shape index (κ1) is 24.3. The SMILES string of the molecule is CCOC(=O)N(c1ccccc1)c1c(C)noc1-c1ccc(-c2ccc(CC3(C(=O)O)CC3)cc2)cc1. The van der Waals surface area contributed by atoms with Crippen LogP contribution in [0, 0.1) is 12.3 Å². The van der Waals surface area contributed by atoms with Crippen LogP contribution >= 0.6 is 0 Å². The van der Waals surface area contributed by atoms with E-state index in [-0.39, 0.29) is 6.61 Å². The topological polar surface area (TPSA) is 92.9 Å². The number of carbonyl (C=O) groups excluding carboxylic acids is 1. The van der Waals surface area contributed by atoms with Gasteiger partial charge in [-0.05, 0) is 61.9 Å². The van der Waals surface area contributed by atoms with Gasteiger partial charge < -0.3 is 14.4 Å². The van der Waals surface area contributed by atoms with Crippen LogP contribution in [-0.2, 0) is 16.0 Å². The number of ether oxygens (including phenoxy) is 1. The van der Waals surface area contributed by atoms with Crippen molar-refractivity contribution in [2.75, 3.05) is 11.5 Å². The Labute approximate surface area is 215 Å². The molecule has 3 aromatic carbocycles. The summed E-state index contributed by atoms with van der Waals surface area (Å²) in [5.74, 6) is -0.234. The summed E-state index contributed by atoms with van der Waals surface area (Å²) in [6.07, 6.45) is 1.54. The highest BCUT2D eigenvalue weighted by atomic mass is 16.6. The number of nitrogens with zero attached hydrogens (tertiary/aromatic N) is 2. The minimum atomic E-state index is -0.706. The van der Waals surface area contributed by atoms with Crippen LogP contribution in [0.1, 0.15) is 31.0 Å². The number of para-hydroxylation sites is 1. The first-order chi connectivity index (χ1) is 17.9. The van der Waals surface area contributed by atoms with E-state index in [1.54, 1.807) is 13.8 Å². The molecule has 0 aliphatic heterocycles. The fourth-order valence-electron chi connectivity index (χ4n) is 4.55. The van der Waals surface area contributed by atoms with Gasteiger partial charge in [-0.2, -0.15) is 0 Å². The molecule has 1 amide bonds. The number of carbonyl (C=O) groups is 2. The molecule has 0 saturated heterocycles. The first-order valence-corrected chi connectivity index (χ1v) is 12.3. The van der Waals surface area contributed by atoms with Gasteiger partial charge in [-0.1, -0.05) is 71.9 Å². The predicted octanol–water partition coefficient (Wildman–Crippen LogP) is 7.02. The number of amides is 1. The van der Waals surface area contributed by atoms with E-state index in [4.69, 9.17) is 9.26 Å². The normalized spacial score (nSPS) is 13.7. The van der Waals surface area contributed by atoms with Crippen LogP contribution in [0.3, 0.4) is 0 Å². The standard InChI is InChI=1S/C30H28N2O5/c1-3-36-29(35)32(25-7-5-4-6-8-25)26-20(2)31-37-27(26)24-15-13-23(14-16-24)22-11-9-21(10-12-22)19-30(17-18-30)28(33)34/h4-16H,3,17-19H2,1-2H3,(H,33,34). The quantitative estimate of drug-likeness (QED) is 0.282. The molecule has 7 nitrogen and oxygen atoms in total. The number of carboxylic acid groups (broad SMARTS) is 1. The van der Waals surface area contributed by atoms with Gasteiger partial charge in [0.2, 0.25) is 0 Å². The van der Waals surface area contributed by atoms with E-state index < -0.39 is 17.5 Å². The van der Waals surface area contributed by atoms with E-state index in [2.05, 4.69) is 5.16 Å². The highest BCUT2D eigenvalue weighted by Gasteiger charge is 2.49. The van der Waals surface area contributed by atoms with E-state index >= 15 is 0 Å². The Hall–Kier alpha value is -4.39. The number of hydrogen-bond acceptors (Lipinski definition) is 5. The van der Waals surface area contributed by atoms with Gasteiger partial charge in [0.05, 0.1) is 17.7 Å². The Bertz CT molecular complexity index is 1400. The van der Waals surface area contributed by atoms with Crippen LogP contribution in [0.2, 0.25) is 0 Å². The Kier molecular flexibility index (Phi) is 6.53. The van der Waals surface area contributed by atoms with Gasteiger partial charge in [-0.15, -0.1) is 0 Å². The molecule has 4 aromatic rings.